The lowest BCUT2D eigenvalue weighted by Crippen LogP contribution is -2.28. The van der Waals surface area contributed by atoms with Crippen molar-refractivity contribution in [3.8, 4) is 17.0 Å². The van der Waals surface area contributed by atoms with Crippen molar-refractivity contribution in [3.63, 3.8) is 0 Å². The number of anilines is 3. The van der Waals surface area contributed by atoms with E-state index in [9.17, 15) is 10.1 Å². The van der Waals surface area contributed by atoms with Crippen LogP contribution in [0.3, 0.4) is 0 Å². The van der Waals surface area contributed by atoms with Gasteiger partial charge in [0.2, 0.25) is 5.95 Å². The summed E-state index contributed by atoms with van der Waals surface area (Å²) in [5.41, 5.74) is 3.68. The largest absolute Gasteiger partial charge is 0.494 e. The second-order valence-electron chi connectivity index (χ2n) is 8.58. The number of fused-ring (bicyclic) bond motifs is 1. The zero-order chi connectivity index (χ0) is 25.1. The van der Waals surface area contributed by atoms with Crippen LogP contribution < -0.4 is 15.0 Å². The highest BCUT2D eigenvalue weighted by Gasteiger charge is 2.22. The van der Waals surface area contributed by atoms with Crippen LogP contribution in [-0.2, 0) is 7.05 Å². The molecule has 2 aromatic heterocycles. The Labute approximate surface area is 211 Å². The van der Waals surface area contributed by atoms with Crippen LogP contribution >= 0.6 is 0 Å². The zero-order valence-electron chi connectivity index (χ0n) is 20.5. The molecule has 0 saturated heterocycles. The fourth-order valence-corrected chi connectivity index (χ4v) is 3.98. The van der Waals surface area contributed by atoms with Gasteiger partial charge in [0.25, 0.3) is 5.69 Å². The van der Waals surface area contributed by atoms with Crippen molar-refractivity contribution in [1.29, 1.82) is 0 Å². The lowest BCUT2D eigenvalue weighted by atomic mass is 10.1. The number of nitro groups is 1. The minimum absolute atomic E-state index is 0. The van der Waals surface area contributed by atoms with Gasteiger partial charge in [0.1, 0.15) is 11.4 Å². The molecule has 0 saturated carbocycles. The summed E-state index contributed by atoms with van der Waals surface area (Å²) in [5, 5.41) is 16.1. The van der Waals surface area contributed by atoms with E-state index in [4.69, 9.17) is 4.74 Å². The predicted molar refractivity (Wildman–Crippen MR) is 145 cm³/mol. The highest BCUT2D eigenvalue weighted by Crippen LogP contribution is 2.39. The Balaban J connectivity index is 0.00000361. The minimum atomic E-state index is -0.389. The van der Waals surface area contributed by atoms with Crippen LogP contribution in [0.15, 0.2) is 54.9 Å². The molecule has 0 fully saturated rings. The van der Waals surface area contributed by atoms with Gasteiger partial charge in [-0.3, -0.25) is 10.1 Å². The number of hydrogen-bond donors (Lipinski definition) is 1. The van der Waals surface area contributed by atoms with Crippen LogP contribution in [0.5, 0.6) is 5.75 Å². The number of nitrogens with zero attached hydrogens (tertiary/aromatic N) is 6. The molecule has 0 radical (unpaired) electrons. The molecule has 190 valence electrons. The molecule has 10 nitrogen and oxygen atoms in total. The summed E-state index contributed by atoms with van der Waals surface area (Å²) >= 11 is 0. The van der Waals surface area contributed by atoms with E-state index in [1.165, 1.54) is 13.2 Å². The number of benzene rings is 2. The second-order valence-corrected chi connectivity index (χ2v) is 8.58. The van der Waals surface area contributed by atoms with Gasteiger partial charge in [-0.15, -0.1) is 0 Å². The Morgan fingerprint density at radius 1 is 1.14 bits per heavy atom. The summed E-state index contributed by atoms with van der Waals surface area (Å²) in [7, 11) is 9.27. The van der Waals surface area contributed by atoms with Crippen LogP contribution in [0.25, 0.3) is 22.2 Å². The van der Waals surface area contributed by atoms with Crippen molar-refractivity contribution in [2.75, 3.05) is 51.6 Å². The molecule has 0 unspecified atom stereocenters. The first kappa shape index (κ1) is 26.4. The van der Waals surface area contributed by atoms with Crippen molar-refractivity contribution in [3.05, 3.63) is 65.0 Å². The lowest BCUT2D eigenvalue weighted by molar-refractivity contribution is -0.384. The number of aryl methyl sites for hydroxylation is 1. The maximum absolute atomic E-state index is 11.9. The number of methoxy groups -OCH3 is 1. The standard InChI is InChI=1S/C25H29N7O3.CH4/c1-29(2)12-13-30(3)22-15-24(35-5)20(14-23(22)32(33)34)28-25-26-11-10-19(27-25)18-16-31(4)21-9-7-6-8-17(18)21;/h6-11,14-16H,12-13H2,1-5H3,(H,26,27,28);1H4. The maximum Gasteiger partial charge on any atom is 0.294 e. The number of para-hydroxylation sites is 1. The minimum Gasteiger partial charge on any atom is -0.494 e. The van der Waals surface area contributed by atoms with E-state index >= 15 is 0 Å². The summed E-state index contributed by atoms with van der Waals surface area (Å²) in [5.74, 6) is 0.776. The Kier molecular flexibility index (Phi) is 8.11. The van der Waals surface area contributed by atoms with Crippen molar-refractivity contribution >= 4 is 33.9 Å². The van der Waals surface area contributed by atoms with Gasteiger partial charge in [0.15, 0.2) is 0 Å². The van der Waals surface area contributed by atoms with Gasteiger partial charge in [0.05, 0.1) is 23.4 Å². The summed E-state index contributed by atoms with van der Waals surface area (Å²) in [4.78, 5) is 24.4. The van der Waals surface area contributed by atoms with E-state index < -0.39 is 0 Å². The van der Waals surface area contributed by atoms with Gasteiger partial charge < -0.3 is 24.4 Å². The van der Waals surface area contributed by atoms with Crippen molar-refractivity contribution < 1.29 is 9.66 Å². The Morgan fingerprint density at radius 2 is 1.89 bits per heavy atom. The fraction of sp³-hybridized carbons (Fsp3) is 0.308. The third-order valence-electron chi connectivity index (χ3n) is 5.86. The van der Waals surface area contributed by atoms with Gasteiger partial charge in [-0.05, 0) is 26.2 Å². The van der Waals surface area contributed by atoms with Gasteiger partial charge in [0, 0.05) is 68.2 Å². The molecule has 0 amide bonds. The number of rotatable bonds is 9. The van der Waals surface area contributed by atoms with Crippen molar-refractivity contribution in [2.24, 2.45) is 7.05 Å². The van der Waals surface area contributed by atoms with E-state index in [1.807, 2.05) is 62.4 Å². The third kappa shape index (κ3) is 5.38. The molecule has 0 aliphatic rings. The van der Waals surface area contributed by atoms with Crippen molar-refractivity contribution in [2.45, 2.75) is 7.43 Å². The topological polar surface area (TPSA) is 102 Å². The monoisotopic (exact) mass is 491 g/mol. The highest BCUT2D eigenvalue weighted by molar-refractivity contribution is 5.95. The summed E-state index contributed by atoms with van der Waals surface area (Å²) < 4.78 is 7.62. The van der Waals surface area contributed by atoms with Crippen LogP contribution in [0, 0.1) is 10.1 Å². The van der Waals surface area contributed by atoms with Crippen LogP contribution in [-0.4, -0.2) is 65.7 Å². The normalized spacial score (nSPS) is 10.8. The first-order chi connectivity index (χ1) is 16.8. The highest BCUT2D eigenvalue weighted by atomic mass is 16.6. The van der Waals surface area contributed by atoms with E-state index in [0.717, 1.165) is 28.7 Å². The van der Waals surface area contributed by atoms with Gasteiger partial charge >= 0.3 is 0 Å². The summed E-state index contributed by atoms with van der Waals surface area (Å²) in [6, 6.07) is 13.1. The summed E-state index contributed by atoms with van der Waals surface area (Å²) in [6.07, 6.45) is 3.69. The van der Waals surface area contributed by atoms with Gasteiger partial charge in [-0.2, -0.15) is 0 Å². The molecule has 10 heteroatoms. The van der Waals surface area contributed by atoms with Crippen LogP contribution in [0.2, 0.25) is 0 Å². The van der Waals surface area contributed by atoms with Gasteiger partial charge in [-0.1, -0.05) is 25.6 Å². The average Bonchev–Trinajstić information content (AvgIpc) is 3.19. The van der Waals surface area contributed by atoms with Crippen LogP contribution in [0.1, 0.15) is 7.43 Å². The Bertz CT molecular complexity index is 1370. The predicted octanol–water partition coefficient (Wildman–Crippen LogP) is 4.93. The van der Waals surface area contributed by atoms with E-state index in [1.54, 1.807) is 12.3 Å². The summed E-state index contributed by atoms with van der Waals surface area (Å²) in [6.45, 7) is 1.38. The molecule has 2 aromatic carbocycles. The van der Waals surface area contributed by atoms with Crippen molar-refractivity contribution in [1.82, 2.24) is 19.4 Å². The van der Waals surface area contributed by atoms with Crippen LogP contribution in [0.4, 0.5) is 23.0 Å². The number of nitro benzene ring substituents is 1. The van der Waals surface area contributed by atoms with Gasteiger partial charge in [-0.25, -0.2) is 9.97 Å². The first-order valence-corrected chi connectivity index (χ1v) is 11.1. The molecule has 0 bridgehead atoms. The third-order valence-corrected chi connectivity index (χ3v) is 5.86. The average molecular weight is 492 g/mol. The SMILES string of the molecule is C.COc1cc(N(C)CCN(C)C)c([N+](=O)[O-])cc1Nc1nccc(-c2cn(C)c3ccccc23)n1. The maximum atomic E-state index is 11.9. The molecule has 36 heavy (non-hydrogen) atoms. The number of aromatic nitrogens is 3. The Hall–Kier alpha value is -4.18. The quantitative estimate of drug-likeness (QED) is 0.260. The molecule has 0 aliphatic heterocycles. The molecule has 0 spiro atoms. The molecule has 4 rings (SSSR count). The first-order valence-electron chi connectivity index (χ1n) is 11.1. The zero-order valence-corrected chi connectivity index (χ0v) is 20.5. The molecule has 2 heterocycles. The number of hydrogen-bond acceptors (Lipinski definition) is 8. The molecule has 0 atom stereocenters. The smallest absolute Gasteiger partial charge is 0.294 e. The van der Waals surface area contributed by atoms with E-state index in [0.29, 0.717) is 29.6 Å². The molecular weight excluding hydrogens is 458 g/mol. The number of ether oxygens (including phenoxy) is 1. The fourth-order valence-electron chi connectivity index (χ4n) is 3.98. The molecule has 4 aromatic rings. The molecule has 1 N–H and O–H groups in total. The number of likely N-dealkylation sites (N-methyl/N-ethyl adjacent to an activating group) is 2. The van der Waals surface area contributed by atoms with E-state index in [2.05, 4.69) is 32.0 Å². The second kappa shape index (κ2) is 11.0. The Morgan fingerprint density at radius 3 is 2.58 bits per heavy atom. The van der Waals surface area contributed by atoms with E-state index in [-0.39, 0.29) is 18.0 Å². The molecular formula is C26H33N7O3. The lowest BCUT2D eigenvalue weighted by Gasteiger charge is -2.22. The molecule has 0 aliphatic carbocycles. The number of nitrogens with one attached hydrogen (secondary N) is 1.